The topological polar surface area (TPSA) is 101 Å². The molecule has 1 fully saturated rings. The maximum Gasteiger partial charge on any atom is 0.352 e. The molecule has 3 heterocycles. The summed E-state index contributed by atoms with van der Waals surface area (Å²) in [4.78, 5) is 38.2. The number of carbonyl (C=O) groups excluding carboxylic acids is 2. The summed E-state index contributed by atoms with van der Waals surface area (Å²) in [6.45, 7) is 0. The monoisotopic (exact) mass is 273 g/mol. The lowest BCUT2D eigenvalue weighted by molar-refractivity contribution is -0.134. The molecule has 0 aromatic carbocycles. The van der Waals surface area contributed by atoms with Crippen LogP contribution in [0.1, 0.15) is 34.8 Å². The van der Waals surface area contributed by atoms with Gasteiger partial charge in [0.05, 0.1) is 24.0 Å². The van der Waals surface area contributed by atoms with Gasteiger partial charge in [-0.1, -0.05) is 6.07 Å². The third-order valence-electron chi connectivity index (χ3n) is 3.45. The first kappa shape index (κ1) is 12.3. The Morgan fingerprint density at radius 2 is 2.20 bits per heavy atom. The van der Waals surface area contributed by atoms with Gasteiger partial charge in [-0.25, -0.2) is 9.78 Å². The number of rotatable bonds is 2. The molecular formula is C13H11N3O4. The van der Waals surface area contributed by atoms with Crippen LogP contribution in [0, 0.1) is 0 Å². The van der Waals surface area contributed by atoms with Crippen LogP contribution in [0.3, 0.4) is 0 Å². The molecule has 0 radical (unpaired) electrons. The second kappa shape index (κ2) is 4.44. The van der Waals surface area contributed by atoms with Gasteiger partial charge in [0.15, 0.2) is 0 Å². The first-order valence-electron chi connectivity index (χ1n) is 6.10. The Balaban J connectivity index is 2.11. The zero-order valence-electron chi connectivity index (χ0n) is 10.4. The van der Waals surface area contributed by atoms with Crippen molar-refractivity contribution in [1.29, 1.82) is 0 Å². The number of nitrogens with one attached hydrogen (secondary N) is 1. The molecule has 0 bridgehead atoms. The van der Waals surface area contributed by atoms with Gasteiger partial charge in [-0.3, -0.25) is 19.3 Å². The molecule has 0 aliphatic carbocycles. The van der Waals surface area contributed by atoms with E-state index in [0.717, 1.165) is 0 Å². The van der Waals surface area contributed by atoms with Crippen LogP contribution >= 0.6 is 0 Å². The maximum atomic E-state index is 11.9. The van der Waals surface area contributed by atoms with Gasteiger partial charge in [-0.15, -0.1) is 0 Å². The number of fused-ring (bicyclic) bond motifs is 1. The second-order valence-corrected chi connectivity index (χ2v) is 4.63. The Morgan fingerprint density at radius 3 is 2.90 bits per heavy atom. The number of carboxylic acid groups (broad SMARTS) is 1. The molecule has 7 nitrogen and oxygen atoms in total. The number of carboxylic acids is 1. The van der Waals surface area contributed by atoms with E-state index in [0.29, 0.717) is 17.5 Å². The minimum absolute atomic E-state index is 0.0774. The third-order valence-corrected chi connectivity index (χ3v) is 3.45. The van der Waals surface area contributed by atoms with E-state index in [2.05, 4.69) is 10.3 Å². The lowest BCUT2D eigenvalue weighted by Crippen LogP contribution is -2.39. The SMILES string of the molecule is O=C1CCC(c2ccc(C(=O)O)n3cncc23)C(=O)N1. The number of amides is 2. The second-order valence-electron chi connectivity index (χ2n) is 4.63. The molecule has 102 valence electrons. The molecule has 1 aliphatic heterocycles. The first-order valence-corrected chi connectivity index (χ1v) is 6.10. The zero-order chi connectivity index (χ0) is 14.3. The maximum absolute atomic E-state index is 11.9. The van der Waals surface area contributed by atoms with Crippen molar-refractivity contribution in [1.82, 2.24) is 14.7 Å². The molecule has 3 rings (SSSR count). The normalized spacial score (nSPS) is 19.1. The predicted molar refractivity (Wildman–Crippen MR) is 67.3 cm³/mol. The van der Waals surface area contributed by atoms with E-state index in [-0.39, 0.29) is 23.9 Å². The number of aromatic carboxylic acids is 1. The molecule has 7 heteroatoms. The van der Waals surface area contributed by atoms with E-state index in [4.69, 9.17) is 5.11 Å². The van der Waals surface area contributed by atoms with Crippen LogP contribution in [0.2, 0.25) is 0 Å². The van der Waals surface area contributed by atoms with Crippen LogP contribution in [0.5, 0.6) is 0 Å². The van der Waals surface area contributed by atoms with Gasteiger partial charge < -0.3 is 5.11 Å². The molecule has 0 spiro atoms. The van der Waals surface area contributed by atoms with Gasteiger partial charge in [0, 0.05) is 6.42 Å². The molecule has 1 aliphatic rings. The van der Waals surface area contributed by atoms with Crippen LogP contribution < -0.4 is 5.32 Å². The fraction of sp³-hybridized carbons (Fsp3) is 0.231. The average molecular weight is 273 g/mol. The lowest BCUT2D eigenvalue weighted by atomic mass is 9.90. The molecular weight excluding hydrogens is 262 g/mol. The van der Waals surface area contributed by atoms with Gasteiger partial charge in [-0.05, 0) is 18.1 Å². The highest BCUT2D eigenvalue weighted by atomic mass is 16.4. The Bertz CT molecular complexity index is 734. The minimum atomic E-state index is -1.07. The van der Waals surface area contributed by atoms with Crippen molar-refractivity contribution >= 4 is 23.3 Å². The lowest BCUT2D eigenvalue weighted by Gasteiger charge is -2.22. The quantitative estimate of drug-likeness (QED) is 0.778. The number of pyridine rings is 1. The smallest absolute Gasteiger partial charge is 0.352 e. The number of hydrogen-bond acceptors (Lipinski definition) is 4. The largest absolute Gasteiger partial charge is 0.477 e. The van der Waals surface area contributed by atoms with Gasteiger partial charge in [0.1, 0.15) is 5.69 Å². The van der Waals surface area contributed by atoms with Crippen molar-refractivity contribution in [2.24, 2.45) is 0 Å². The Labute approximate surface area is 113 Å². The van der Waals surface area contributed by atoms with Crippen LogP contribution in [-0.2, 0) is 9.59 Å². The highest BCUT2D eigenvalue weighted by Crippen LogP contribution is 2.28. The minimum Gasteiger partial charge on any atom is -0.477 e. The molecule has 2 aromatic heterocycles. The number of hydrogen-bond donors (Lipinski definition) is 2. The number of nitrogens with zero attached hydrogens (tertiary/aromatic N) is 2. The molecule has 20 heavy (non-hydrogen) atoms. The highest BCUT2D eigenvalue weighted by Gasteiger charge is 2.30. The predicted octanol–water partition coefficient (Wildman–Crippen LogP) is 0.553. The number of aromatic nitrogens is 2. The summed E-state index contributed by atoms with van der Waals surface area (Å²) in [7, 11) is 0. The van der Waals surface area contributed by atoms with Gasteiger partial charge >= 0.3 is 5.97 Å². The van der Waals surface area contributed by atoms with E-state index >= 15 is 0 Å². The van der Waals surface area contributed by atoms with Crippen LogP contribution in [-0.4, -0.2) is 32.3 Å². The van der Waals surface area contributed by atoms with E-state index in [9.17, 15) is 14.4 Å². The summed E-state index contributed by atoms with van der Waals surface area (Å²) >= 11 is 0. The van der Waals surface area contributed by atoms with Crippen LogP contribution in [0.25, 0.3) is 5.52 Å². The average Bonchev–Trinajstić information content (AvgIpc) is 2.87. The van der Waals surface area contributed by atoms with Gasteiger partial charge in [-0.2, -0.15) is 0 Å². The fourth-order valence-corrected chi connectivity index (χ4v) is 2.49. The third kappa shape index (κ3) is 1.83. The van der Waals surface area contributed by atoms with E-state index in [1.54, 1.807) is 6.07 Å². The van der Waals surface area contributed by atoms with E-state index in [1.807, 2.05) is 0 Å². The summed E-state index contributed by atoms with van der Waals surface area (Å²) in [6.07, 6.45) is 3.61. The molecule has 2 amide bonds. The standard InChI is InChI=1S/C13H11N3O4/c17-11-4-2-8(12(18)15-11)7-1-3-9(13(19)20)16-6-14-5-10(7)16/h1,3,5-6,8H,2,4H2,(H,19,20)(H,15,17,18). The Morgan fingerprint density at radius 1 is 1.40 bits per heavy atom. The van der Waals surface area contributed by atoms with E-state index < -0.39 is 11.9 Å². The number of imidazole rings is 1. The summed E-state index contributed by atoms with van der Waals surface area (Å²) in [6, 6.07) is 3.05. The number of imide groups is 1. The fourth-order valence-electron chi connectivity index (χ4n) is 2.49. The van der Waals surface area contributed by atoms with Crippen molar-refractivity contribution in [2.75, 3.05) is 0 Å². The van der Waals surface area contributed by atoms with Gasteiger partial charge in [0.2, 0.25) is 11.8 Å². The number of carbonyl (C=O) groups is 3. The summed E-state index contributed by atoms with van der Waals surface area (Å²) in [5.74, 6) is -2.16. The van der Waals surface area contributed by atoms with Crippen molar-refractivity contribution in [3.63, 3.8) is 0 Å². The summed E-state index contributed by atoms with van der Waals surface area (Å²) < 4.78 is 1.43. The van der Waals surface area contributed by atoms with Crippen molar-refractivity contribution in [2.45, 2.75) is 18.8 Å². The molecule has 1 unspecified atom stereocenters. The molecule has 2 aromatic rings. The summed E-state index contributed by atoms with van der Waals surface area (Å²) in [5.41, 5.74) is 1.32. The summed E-state index contributed by atoms with van der Waals surface area (Å²) in [5, 5.41) is 11.4. The Hall–Kier alpha value is -2.70. The molecule has 1 atom stereocenters. The van der Waals surface area contributed by atoms with Crippen LogP contribution in [0.15, 0.2) is 24.7 Å². The number of piperidine rings is 1. The van der Waals surface area contributed by atoms with Crippen molar-refractivity contribution in [3.05, 3.63) is 35.9 Å². The van der Waals surface area contributed by atoms with E-state index in [1.165, 1.54) is 23.0 Å². The Kier molecular flexibility index (Phi) is 2.74. The molecule has 1 saturated heterocycles. The van der Waals surface area contributed by atoms with Crippen LogP contribution in [0.4, 0.5) is 0 Å². The van der Waals surface area contributed by atoms with Crippen molar-refractivity contribution < 1.29 is 19.5 Å². The highest BCUT2D eigenvalue weighted by molar-refractivity contribution is 6.01. The molecule has 0 saturated carbocycles. The van der Waals surface area contributed by atoms with Crippen molar-refractivity contribution in [3.8, 4) is 0 Å². The first-order chi connectivity index (χ1) is 9.58. The molecule has 2 N–H and O–H groups in total. The van der Waals surface area contributed by atoms with Gasteiger partial charge in [0.25, 0.3) is 0 Å². The zero-order valence-corrected chi connectivity index (χ0v) is 10.4.